The SMILES string of the molecule is Cc1ccc(C(=O)O)c(-c2cncc(OC(C)C)c2)c1. The number of pyridine rings is 1. The summed E-state index contributed by atoms with van der Waals surface area (Å²) in [5.74, 6) is -0.314. The number of aromatic carboxylic acids is 1. The van der Waals surface area contributed by atoms with Crippen molar-refractivity contribution in [1.82, 2.24) is 4.98 Å². The fraction of sp³-hybridized carbons (Fsp3) is 0.250. The standard InChI is InChI=1S/C16H17NO3/c1-10(2)20-13-7-12(8-17-9-13)15-6-11(3)4-5-14(15)16(18)19/h4-10H,1-3H3,(H,18,19). The van der Waals surface area contributed by atoms with Gasteiger partial charge in [0.25, 0.3) is 0 Å². The van der Waals surface area contributed by atoms with Crippen molar-refractivity contribution in [3.8, 4) is 16.9 Å². The molecule has 0 aliphatic rings. The summed E-state index contributed by atoms with van der Waals surface area (Å²) in [5, 5.41) is 9.28. The number of carboxylic acids is 1. The van der Waals surface area contributed by atoms with E-state index < -0.39 is 5.97 Å². The van der Waals surface area contributed by atoms with Crippen LogP contribution in [0.1, 0.15) is 29.8 Å². The van der Waals surface area contributed by atoms with Crippen LogP contribution >= 0.6 is 0 Å². The van der Waals surface area contributed by atoms with Crippen molar-refractivity contribution < 1.29 is 14.6 Å². The smallest absolute Gasteiger partial charge is 0.336 e. The van der Waals surface area contributed by atoms with Gasteiger partial charge in [-0.2, -0.15) is 0 Å². The maximum atomic E-state index is 11.3. The Morgan fingerprint density at radius 2 is 2.00 bits per heavy atom. The van der Waals surface area contributed by atoms with Crippen LogP contribution in [-0.2, 0) is 0 Å². The van der Waals surface area contributed by atoms with Crippen LogP contribution in [-0.4, -0.2) is 22.2 Å². The van der Waals surface area contributed by atoms with Gasteiger partial charge in [-0.3, -0.25) is 4.98 Å². The van der Waals surface area contributed by atoms with Gasteiger partial charge in [-0.15, -0.1) is 0 Å². The van der Waals surface area contributed by atoms with E-state index in [1.807, 2.05) is 32.9 Å². The molecule has 0 spiro atoms. The highest BCUT2D eigenvalue weighted by Crippen LogP contribution is 2.27. The van der Waals surface area contributed by atoms with E-state index in [0.717, 1.165) is 11.1 Å². The molecule has 1 aromatic heterocycles. The Kier molecular flexibility index (Phi) is 4.03. The molecule has 1 N–H and O–H groups in total. The zero-order valence-corrected chi connectivity index (χ0v) is 11.8. The number of hydrogen-bond acceptors (Lipinski definition) is 3. The van der Waals surface area contributed by atoms with Crippen LogP contribution < -0.4 is 4.74 Å². The van der Waals surface area contributed by atoms with Crippen molar-refractivity contribution in [2.24, 2.45) is 0 Å². The molecule has 2 aromatic rings. The molecule has 0 aliphatic carbocycles. The summed E-state index contributed by atoms with van der Waals surface area (Å²) in [5.41, 5.74) is 2.66. The summed E-state index contributed by atoms with van der Waals surface area (Å²) >= 11 is 0. The van der Waals surface area contributed by atoms with Crippen LogP contribution in [0.2, 0.25) is 0 Å². The number of rotatable bonds is 4. The van der Waals surface area contributed by atoms with Crippen LogP contribution in [0.3, 0.4) is 0 Å². The predicted molar refractivity (Wildman–Crippen MR) is 77.1 cm³/mol. The Labute approximate surface area is 118 Å². The molecule has 4 heteroatoms. The molecule has 0 aliphatic heterocycles. The number of aromatic nitrogens is 1. The second-order valence-corrected chi connectivity index (χ2v) is 4.93. The molecule has 0 saturated carbocycles. The van der Waals surface area contributed by atoms with Gasteiger partial charge in [0.2, 0.25) is 0 Å². The number of benzene rings is 1. The normalized spacial score (nSPS) is 10.6. The Hall–Kier alpha value is -2.36. The summed E-state index contributed by atoms with van der Waals surface area (Å²) in [6.45, 7) is 5.79. The molecule has 4 nitrogen and oxygen atoms in total. The number of ether oxygens (including phenoxy) is 1. The lowest BCUT2D eigenvalue weighted by Crippen LogP contribution is -2.06. The van der Waals surface area contributed by atoms with Crippen molar-refractivity contribution in [3.63, 3.8) is 0 Å². The average Bonchev–Trinajstić information content (AvgIpc) is 2.37. The van der Waals surface area contributed by atoms with E-state index >= 15 is 0 Å². The van der Waals surface area contributed by atoms with Crippen molar-refractivity contribution >= 4 is 5.97 Å². The van der Waals surface area contributed by atoms with Crippen molar-refractivity contribution in [3.05, 3.63) is 47.8 Å². The summed E-state index contributed by atoms with van der Waals surface area (Å²) in [4.78, 5) is 15.4. The molecule has 0 unspecified atom stereocenters. The van der Waals surface area contributed by atoms with Crippen LogP contribution in [0.4, 0.5) is 0 Å². The molecule has 2 rings (SSSR count). The quantitative estimate of drug-likeness (QED) is 0.924. The van der Waals surface area contributed by atoms with Gasteiger partial charge in [0.05, 0.1) is 17.9 Å². The van der Waals surface area contributed by atoms with E-state index in [0.29, 0.717) is 11.3 Å². The van der Waals surface area contributed by atoms with Gasteiger partial charge in [0.15, 0.2) is 0 Å². The van der Waals surface area contributed by atoms with Gasteiger partial charge < -0.3 is 9.84 Å². The predicted octanol–water partition coefficient (Wildman–Crippen LogP) is 3.54. The minimum Gasteiger partial charge on any atom is -0.489 e. The maximum Gasteiger partial charge on any atom is 0.336 e. The lowest BCUT2D eigenvalue weighted by atomic mass is 9.99. The molecule has 0 atom stereocenters. The Bertz CT molecular complexity index is 635. The number of hydrogen-bond donors (Lipinski definition) is 1. The number of nitrogens with zero attached hydrogens (tertiary/aromatic N) is 1. The third-order valence-corrected chi connectivity index (χ3v) is 2.80. The second-order valence-electron chi connectivity index (χ2n) is 4.93. The van der Waals surface area contributed by atoms with Crippen molar-refractivity contribution in [2.75, 3.05) is 0 Å². The van der Waals surface area contributed by atoms with Gasteiger partial charge in [-0.05, 0) is 38.5 Å². The highest BCUT2D eigenvalue weighted by atomic mass is 16.5. The molecule has 0 saturated heterocycles. The van der Waals surface area contributed by atoms with Gasteiger partial charge >= 0.3 is 5.97 Å². The molecular weight excluding hydrogens is 254 g/mol. The average molecular weight is 271 g/mol. The lowest BCUT2D eigenvalue weighted by molar-refractivity contribution is 0.0697. The summed E-state index contributed by atoms with van der Waals surface area (Å²) < 4.78 is 5.60. The van der Waals surface area contributed by atoms with Gasteiger partial charge in [-0.25, -0.2) is 4.79 Å². The third kappa shape index (κ3) is 3.15. The Balaban J connectivity index is 2.50. The monoisotopic (exact) mass is 271 g/mol. The fourth-order valence-corrected chi connectivity index (χ4v) is 1.99. The Morgan fingerprint density at radius 1 is 1.25 bits per heavy atom. The molecule has 1 heterocycles. The first-order valence-corrected chi connectivity index (χ1v) is 6.43. The molecule has 1 aromatic carbocycles. The van der Waals surface area contributed by atoms with Crippen molar-refractivity contribution in [2.45, 2.75) is 26.9 Å². The topological polar surface area (TPSA) is 59.4 Å². The van der Waals surface area contributed by atoms with Crippen LogP contribution in [0.25, 0.3) is 11.1 Å². The zero-order valence-electron chi connectivity index (χ0n) is 11.8. The van der Waals surface area contributed by atoms with Gasteiger partial charge in [0.1, 0.15) is 5.75 Å². The highest BCUT2D eigenvalue weighted by Gasteiger charge is 2.13. The molecule has 104 valence electrons. The minimum atomic E-state index is -0.949. The van der Waals surface area contributed by atoms with Crippen molar-refractivity contribution in [1.29, 1.82) is 0 Å². The zero-order chi connectivity index (χ0) is 14.7. The van der Waals surface area contributed by atoms with Crippen LogP contribution in [0.15, 0.2) is 36.7 Å². The third-order valence-electron chi connectivity index (χ3n) is 2.80. The molecule has 0 amide bonds. The number of carboxylic acid groups (broad SMARTS) is 1. The summed E-state index contributed by atoms with van der Waals surface area (Å²) in [6, 6.07) is 7.06. The number of carbonyl (C=O) groups is 1. The van der Waals surface area contributed by atoms with E-state index in [2.05, 4.69) is 4.98 Å². The highest BCUT2D eigenvalue weighted by molar-refractivity contribution is 5.96. The first kappa shape index (κ1) is 14.1. The molecule has 0 fully saturated rings. The second kappa shape index (κ2) is 5.74. The fourth-order valence-electron chi connectivity index (χ4n) is 1.99. The van der Waals surface area contributed by atoms with Crippen LogP contribution in [0.5, 0.6) is 5.75 Å². The van der Waals surface area contributed by atoms with E-state index in [1.54, 1.807) is 24.5 Å². The van der Waals surface area contributed by atoms with Crippen LogP contribution in [0, 0.1) is 6.92 Å². The molecular formula is C16H17NO3. The maximum absolute atomic E-state index is 11.3. The first-order chi connectivity index (χ1) is 9.47. The van der Waals surface area contributed by atoms with E-state index in [-0.39, 0.29) is 11.7 Å². The minimum absolute atomic E-state index is 0.0449. The largest absolute Gasteiger partial charge is 0.489 e. The van der Waals surface area contributed by atoms with E-state index in [4.69, 9.17) is 4.74 Å². The first-order valence-electron chi connectivity index (χ1n) is 6.43. The van der Waals surface area contributed by atoms with Gasteiger partial charge in [-0.1, -0.05) is 17.7 Å². The van der Waals surface area contributed by atoms with Gasteiger partial charge in [0, 0.05) is 11.8 Å². The summed E-state index contributed by atoms with van der Waals surface area (Å²) in [7, 11) is 0. The Morgan fingerprint density at radius 3 is 2.65 bits per heavy atom. The molecule has 0 radical (unpaired) electrons. The lowest BCUT2D eigenvalue weighted by Gasteiger charge is -2.12. The van der Waals surface area contributed by atoms with E-state index in [9.17, 15) is 9.90 Å². The van der Waals surface area contributed by atoms with E-state index in [1.165, 1.54) is 0 Å². The molecule has 20 heavy (non-hydrogen) atoms. The summed E-state index contributed by atoms with van der Waals surface area (Å²) in [6.07, 6.45) is 3.32. The molecule has 0 bridgehead atoms. The number of aryl methyl sites for hydroxylation is 1.